The minimum absolute atomic E-state index is 0.209. The first-order chi connectivity index (χ1) is 6.94. The zero-order valence-electron chi connectivity index (χ0n) is 10.7. The molecule has 15 heavy (non-hydrogen) atoms. The van der Waals surface area contributed by atoms with Crippen molar-refractivity contribution >= 4 is 0 Å². The van der Waals surface area contributed by atoms with Gasteiger partial charge in [0.05, 0.1) is 25.9 Å². The Morgan fingerprint density at radius 1 is 1.33 bits per heavy atom. The van der Waals surface area contributed by atoms with Gasteiger partial charge < -0.3 is 9.47 Å². The Bertz CT molecular complexity index is 186. The van der Waals surface area contributed by atoms with Gasteiger partial charge in [-0.2, -0.15) is 0 Å². The molecule has 0 unspecified atom stereocenters. The van der Waals surface area contributed by atoms with Gasteiger partial charge in [0, 0.05) is 12.1 Å². The Kier molecular flexibility index (Phi) is 4.56. The van der Waals surface area contributed by atoms with E-state index in [1.165, 1.54) is 0 Å². The van der Waals surface area contributed by atoms with Crippen LogP contribution in [-0.4, -0.2) is 50.0 Å². The molecule has 0 radical (unpaired) electrons. The van der Waals surface area contributed by atoms with Crippen molar-refractivity contribution < 1.29 is 9.47 Å². The van der Waals surface area contributed by atoms with Gasteiger partial charge in [0.25, 0.3) is 0 Å². The summed E-state index contributed by atoms with van der Waals surface area (Å²) in [7, 11) is 2.16. The van der Waals surface area contributed by atoms with Crippen LogP contribution in [0.1, 0.15) is 27.7 Å². The summed E-state index contributed by atoms with van der Waals surface area (Å²) in [5.74, 6) is 0.631. The molecule has 1 aliphatic rings. The summed E-state index contributed by atoms with van der Waals surface area (Å²) in [6.45, 7) is 12.2. The first-order valence-electron chi connectivity index (χ1n) is 5.85. The molecule has 0 spiro atoms. The summed E-state index contributed by atoms with van der Waals surface area (Å²) in [5, 5.41) is 0. The van der Waals surface area contributed by atoms with Crippen LogP contribution in [0, 0.1) is 5.92 Å². The van der Waals surface area contributed by atoms with Gasteiger partial charge in [0.2, 0.25) is 0 Å². The minimum atomic E-state index is 0.209. The molecule has 0 bridgehead atoms. The van der Waals surface area contributed by atoms with Crippen LogP contribution >= 0.6 is 0 Å². The van der Waals surface area contributed by atoms with Gasteiger partial charge in [0.1, 0.15) is 0 Å². The molecule has 0 aromatic heterocycles. The third-order valence-corrected chi connectivity index (χ3v) is 3.76. The van der Waals surface area contributed by atoms with Crippen molar-refractivity contribution in [3.8, 4) is 0 Å². The van der Waals surface area contributed by atoms with Crippen molar-refractivity contribution in [3.63, 3.8) is 0 Å². The van der Waals surface area contributed by atoms with Crippen LogP contribution in [0.3, 0.4) is 0 Å². The lowest BCUT2D eigenvalue weighted by atomic mass is 9.89. The number of likely N-dealkylation sites (N-methyl/N-ethyl adjacent to an activating group) is 1. The maximum Gasteiger partial charge on any atom is 0.0936 e. The fraction of sp³-hybridized carbons (Fsp3) is 1.00. The van der Waals surface area contributed by atoms with Gasteiger partial charge >= 0.3 is 0 Å². The lowest BCUT2D eigenvalue weighted by molar-refractivity contribution is -0.104. The Morgan fingerprint density at radius 3 is 2.47 bits per heavy atom. The van der Waals surface area contributed by atoms with Crippen molar-refractivity contribution in [3.05, 3.63) is 0 Å². The van der Waals surface area contributed by atoms with Crippen LogP contribution in [-0.2, 0) is 9.47 Å². The second kappa shape index (κ2) is 5.28. The molecule has 0 aromatic carbocycles. The first kappa shape index (κ1) is 12.9. The van der Waals surface area contributed by atoms with Crippen molar-refractivity contribution in [1.29, 1.82) is 0 Å². The fourth-order valence-electron chi connectivity index (χ4n) is 1.62. The average molecular weight is 215 g/mol. The highest BCUT2D eigenvalue weighted by Crippen LogP contribution is 2.23. The highest BCUT2D eigenvalue weighted by Gasteiger charge is 2.29. The van der Waals surface area contributed by atoms with Gasteiger partial charge in [0.15, 0.2) is 0 Å². The Labute approximate surface area is 93.7 Å². The molecule has 1 atom stereocenters. The second-order valence-electron chi connectivity index (χ2n) is 5.26. The lowest BCUT2D eigenvalue weighted by Crippen LogP contribution is -2.50. The summed E-state index contributed by atoms with van der Waals surface area (Å²) >= 11 is 0. The first-order valence-corrected chi connectivity index (χ1v) is 5.85. The molecule has 0 N–H and O–H groups in total. The summed E-state index contributed by atoms with van der Waals surface area (Å²) in [5.41, 5.74) is 0.209. The molecule has 0 aliphatic carbocycles. The highest BCUT2D eigenvalue weighted by molar-refractivity contribution is 4.84. The van der Waals surface area contributed by atoms with Crippen LogP contribution in [0.25, 0.3) is 0 Å². The minimum Gasteiger partial charge on any atom is -0.376 e. The zero-order chi connectivity index (χ0) is 11.5. The number of nitrogens with zero attached hydrogens (tertiary/aromatic N) is 1. The molecule has 1 heterocycles. The van der Waals surface area contributed by atoms with Gasteiger partial charge in [-0.05, 0) is 26.8 Å². The van der Waals surface area contributed by atoms with Crippen molar-refractivity contribution in [2.45, 2.75) is 39.3 Å². The molecule has 0 saturated carbocycles. The Morgan fingerprint density at radius 2 is 2.00 bits per heavy atom. The average Bonchev–Trinajstić information content (AvgIpc) is 2.18. The van der Waals surface area contributed by atoms with Gasteiger partial charge in [-0.25, -0.2) is 0 Å². The third-order valence-electron chi connectivity index (χ3n) is 3.76. The van der Waals surface area contributed by atoms with E-state index in [2.05, 4.69) is 39.6 Å². The molecule has 90 valence electrons. The molecule has 1 aliphatic heterocycles. The van der Waals surface area contributed by atoms with E-state index in [-0.39, 0.29) is 11.6 Å². The van der Waals surface area contributed by atoms with Crippen molar-refractivity contribution in [2.24, 2.45) is 5.92 Å². The number of ether oxygens (including phenoxy) is 2. The molecule has 1 rings (SSSR count). The predicted octanol–water partition coefficient (Wildman–Crippen LogP) is 1.77. The molecular formula is C12H25NO2. The van der Waals surface area contributed by atoms with Gasteiger partial charge in [-0.15, -0.1) is 0 Å². The Hall–Kier alpha value is -0.120. The molecular weight excluding hydrogens is 190 g/mol. The lowest BCUT2D eigenvalue weighted by Gasteiger charge is -2.41. The quantitative estimate of drug-likeness (QED) is 0.713. The third kappa shape index (κ3) is 3.44. The molecule has 0 aromatic rings. The monoisotopic (exact) mass is 215 g/mol. The SMILES string of the molecule is CC(C)C(C)(C)N(C)C[C@H]1COCCO1. The molecule has 3 nitrogen and oxygen atoms in total. The smallest absolute Gasteiger partial charge is 0.0936 e. The summed E-state index contributed by atoms with van der Waals surface area (Å²) in [6, 6.07) is 0. The molecule has 1 saturated heterocycles. The van der Waals surface area contributed by atoms with E-state index in [4.69, 9.17) is 9.47 Å². The van der Waals surface area contributed by atoms with E-state index in [1.807, 2.05) is 0 Å². The van der Waals surface area contributed by atoms with Gasteiger partial charge in [-0.3, -0.25) is 4.90 Å². The van der Waals surface area contributed by atoms with Crippen molar-refractivity contribution in [2.75, 3.05) is 33.4 Å². The Balaban J connectivity index is 2.42. The maximum absolute atomic E-state index is 5.66. The summed E-state index contributed by atoms with van der Waals surface area (Å²) in [6.07, 6.45) is 0.238. The van der Waals surface area contributed by atoms with Crippen LogP contribution in [0.4, 0.5) is 0 Å². The van der Waals surface area contributed by atoms with Crippen molar-refractivity contribution in [1.82, 2.24) is 4.90 Å². The van der Waals surface area contributed by atoms with Gasteiger partial charge in [-0.1, -0.05) is 13.8 Å². The van der Waals surface area contributed by atoms with Crippen LogP contribution < -0.4 is 0 Å². The topological polar surface area (TPSA) is 21.7 Å². The largest absolute Gasteiger partial charge is 0.376 e. The van der Waals surface area contributed by atoms with Crippen LogP contribution in [0.2, 0.25) is 0 Å². The number of rotatable bonds is 4. The fourth-order valence-corrected chi connectivity index (χ4v) is 1.62. The molecule has 1 fully saturated rings. The highest BCUT2D eigenvalue weighted by atomic mass is 16.6. The van der Waals surface area contributed by atoms with Crippen LogP contribution in [0.15, 0.2) is 0 Å². The standard InChI is InChI=1S/C12H25NO2/c1-10(2)12(3,4)13(5)8-11-9-14-6-7-15-11/h10-11H,6-9H2,1-5H3/t11-/m0/s1. The summed E-state index contributed by atoms with van der Waals surface area (Å²) < 4.78 is 11.1. The normalized spacial score (nSPS) is 23.8. The number of hydrogen-bond donors (Lipinski definition) is 0. The van der Waals surface area contributed by atoms with E-state index in [0.29, 0.717) is 5.92 Å². The zero-order valence-corrected chi connectivity index (χ0v) is 10.7. The predicted molar refractivity (Wildman–Crippen MR) is 62.1 cm³/mol. The van der Waals surface area contributed by atoms with E-state index in [0.717, 1.165) is 26.4 Å². The number of hydrogen-bond acceptors (Lipinski definition) is 3. The van der Waals surface area contributed by atoms with E-state index in [9.17, 15) is 0 Å². The van der Waals surface area contributed by atoms with E-state index in [1.54, 1.807) is 0 Å². The van der Waals surface area contributed by atoms with E-state index >= 15 is 0 Å². The maximum atomic E-state index is 5.66. The molecule has 0 amide bonds. The summed E-state index contributed by atoms with van der Waals surface area (Å²) in [4.78, 5) is 2.37. The molecule has 3 heteroatoms. The van der Waals surface area contributed by atoms with Crippen LogP contribution in [0.5, 0.6) is 0 Å². The second-order valence-corrected chi connectivity index (χ2v) is 5.26. The van der Waals surface area contributed by atoms with E-state index < -0.39 is 0 Å².